The van der Waals surface area contributed by atoms with Crippen molar-refractivity contribution in [3.05, 3.63) is 64.6 Å². The fourth-order valence-electron chi connectivity index (χ4n) is 2.40. The van der Waals surface area contributed by atoms with E-state index in [0.29, 0.717) is 11.4 Å². The van der Waals surface area contributed by atoms with Crippen LogP contribution < -0.4 is 4.74 Å². The molecule has 114 valence electrons. The maximum absolute atomic E-state index is 13.7. The van der Waals surface area contributed by atoms with E-state index in [9.17, 15) is 8.78 Å². The number of rotatable bonds is 3. The molecule has 0 saturated heterocycles. The van der Waals surface area contributed by atoms with Crippen molar-refractivity contribution in [1.82, 2.24) is 9.38 Å². The predicted octanol–water partition coefficient (Wildman–Crippen LogP) is 4.12. The van der Waals surface area contributed by atoms with Gasteiger partial charge in [-0.1, -0.05) is 6.07 Å². The number of hydrogen-bond donors (Lipinski definition) is 0. The van der Waals surface area contributed by atoms with Crippen LogP contribution in [0.2, 0.25) is 0 Å². The maximum atomic E-state index is 13.7. The fraction of sp³-hybridized carbons (Fsp3) is 0.235. The number of fused-ring (bicyclic) bond motifs is 1. The summed E-state index contributed by atoms with van der Waals surface area (Å²) in [6.45, 7) is 5.64. The summed E-state index contributed by atoms with van der Waals surface area (Å²) in [5, 5.41) is 0. The number of aryl methyl sites for hydroxylation is 3. The molecule has 0 bridgehead atoms. The highest BCUT2D eigenvalue weighted by atomic mass is 19.1. The Morgan fingerprint density at radius 3 is 2.50 bits per heavy atom. The second-order valence-electron chi connectivity index (χ2n) is 5.35. The number of aromatic nitrogens is 2. The first kappa shape index (κ1) is 14.5. The second-order valence-corrected chi connectivity index (χ2v) is 5.35. The largest absolute Gasteiger partial charge is 0.485 e. The molecule has 0 amide bonds. The van der Waals surface area contributed by atoms with Crippen LogP contribution in [0.5, 0.6) is 5.75 Å². The van der Waals surface area contributed by atoms with E-state index in [4.69, 9.17) is 4.74 Å². The van der Waals surface area contributed by atoms with E-state index < -0.39 is 11.6 Å². The number of benzene rings is 1. The molecule has 5 heteroatoms. The summed E-state index contributed by atoms with van der Waals surface area (Å²) in [5.74, 6) is -0.711. The zero-order valence-corrected chi connectivity index (χ0v) is 12.7. The van der Waals surface area contributed by atoms with E-state index in [1.807, 2.05) is 37.4 Å². The minimum Gasteiger partial charge on any atom is -0.485 e. The topological polar surface area (TPSA) is 26.5 Å². The predicted molar refractivity (Wildman–Crippen MR) is 80.1 cm³/mol. The van der Waals surface area contributed by atoms with Crippen LogP contribution in [-0.4, -0.2) is 9.38 Å². The van der Waals surface area contributed by atoms with Crippen LogP contribution in [0.15, 0.2) is 30.5 Å². The third kappa shape index (κ3) is 2.43. The maximum Gasteiger partial charge on any atom is 0.180 e. The summed E-state index contributed by atoms with van der Waals surface area (Å²) < 4.78 is 34.9. The van der Waals surface area contributed by atoms with Crippen molar-refractivity contribution in [3.63, 3.8) is 0 Å². The van der Waals surface area contributed by atoms with Crippen molar-refractivity contribution in [1.29, 1.82) is 0 Å². The van der Waals surface area contributed by atoms with Crippen LogP contribution in [-0.2, 0) is 6.61 Å². The molecule has 0 spiro atoms. The molecule has 2 heterocycles. The van der Waals surface area contributed by atoms with E-state index in [2.05, 4.69) is 4.98 Å². The molecule has 0 radical (unpaired) electrons. The monoisotopic (exact) mass is 302 g/mol. The quantitative estimate of drug-likeness (QED) is 0.727. The van der Waals surface area contributed by atoms with E-state index >= 15 is 0 Å². The average Bonchev–Trinajstić information content (AvgIpc) is 2.74. The molecular formula is C17H16F2N2O. The lowest BCUT2D eigenvalue weighted by Crippen LogP contribution is -2.03. The Bertz CT molecular complexity index is 835. The standard InChI is InChI=1S/C17H16F2N2O/c1-10-7-16(17-20-11(2)12(3)21(17)8-10)22-9-13-14(18)5-4-6-15(13)19/h4-8H,9H2,1-3H3. The van der Waals surface area contributed by atoms with E-state index in [-0.39, 0.29) is 12.2 Å². The van der Waals surface area contributed by atoms with Crippen molar-refractivity contribution in [2.45, 2.75) is 27.4 Å². The van der Waals surface area contributed by atoms with Gasteiger partial charge in [0.25, 0.3) is 0 Å². The molecule has 0 aliphatic rings. The van der Waals surface area contributed by atoms with Crippen LogP contribution in [0.25, 0.3) is 5.65 Å². The Labute approximate surface area is 127 Å². The molecule has 3 aromatic rings. The van der Waals surface area contributed by atoms with Gasteiger partial charge in [0.1, 0.15) is 18.2 Å². The molecule has 3 rings (SSSR count). The fourth-order valence-corrected chi connectivity index (χ4v) is 2.40. The molecular weight excluding hydrogens is 286 g/mol. The summed E-state index contributed by atoms with van der Waals surface area (Å²) in [6, 6.07) is 5.59. The third-order valence-corrected chi connectivity index (χ3v) is 3.73. The first-order valence-electron chi connectivity index (χ1n) is 6.99. The van der Waals surface area contributed by atoms with Gasteiger partial charge in [-0.25, -0.2) is 13.8 Å². The van der Waals surface area contributed by atoms with Crippen LogP contribution in [0.4, 0.5) is 8.78 Å². The van der Waals surface area contributed by atoms with Crippen molar-refractivity contribution in [2.24, 2.45) is 0 Å². The number of nitrogens with zero attached hydrogens (tertiary/aromatic N) is 2. The summed E-state index contributed by atoms with van der Waals surface area (Å²) in [7, 11) is 0. The van der Waals surface area contributed by atoms with Gasteiger partial charge in [-0.05, 0) is 44.5 Å². The zero-order chi connectivity index (χ0) is 15.9. The van der Waals surface area contributed by atoms with Gasteiger partial charge in [0.15, 0.2) is 11.4 Å². The Kier molecular flexibility index (Phi) is 3.56. The lowest BCUT2D eigenvalue weighted by atomic mass is 10.2. The lowest BCUT2D eigenvalue weighted by molar-refractivity contribution is 0.294. The van der Waals surface area contributed by atoms with Crippen LogP contribution in [0.1, 0.15) is 22.5 Å². The number of ether oxygens (including phenoxy) is 1. The molecule has 3 nitrogen and oxygen atoms in total. The highest BCUT2D eigenvalue weighted by Crippen LogP contribution is 2.25. The highest BCUT2D eigenvalue weighted by molar-refractivity contribution is 5.57. The first-order valence-corrected chi connectivity index (χ1v) is 6.99. The Morgan fingerprint density at radius 2 is 1.82 bits per heavy atom. The Hall–Kier alpha value is -2.43. The van der Waals surface area contributed by atoms with Crippen molar-refractivity contribution in [2.75, 3.05) is 0 Å². The summed E-state index contributed by atoms with van der Waals surface area (Å²) in [4.78, 5) is 4.46. The van der Waals surface area contributed by atoms with Gasteiger partial charge in [0, 0.05) is 11.9 Å². The first-order chi connectivity index (χ1) is 10.5. The molecule has 1 aromatic carbocycles. The van der Waals surface area contributed by atoms with E-state index in [1.54, 1.807) is 0 Å². The average molecular weight is 302 g/mol. The molecule has 0 N–H and O–H groups in total. The Morgan fingerprint density at radius 1 is 1.14 bits per heavy atom. The lowest BCUT2D eigenvalue weighted by Gasteiger charge is -2.10. The highest BCUT2D eigenvalue weighted by Gasteiger charge is 2.13. The van der Waals surface area contributed by atoms with E-state index in [1.165, 1.54) is 18.2 Å². The molecule has 0 saturated carbocycles. The summed E-state index contributed by atoms with van der Waals surface area (Å²) >= 11 is 0. The van der Waals surface area contributed by atoms with Crippen LogP contribution in [0, 0.1) is 32.4 Å². The van der Waals surface area contributed by atoms with Crippen molar-refractivity contribution in [3.8, 4) is 5.75 Å². The van der Waals surface area contributed by atoms with Gasteiger partial charge in [-0.2, -0.15) is 0 Å². The Balaban J connectivity index is 1.99. The number of pyridine rings is 1. The molecule has 0 aliphatic heterocycles. The van der Waals surface area contributed by atoms with Gasteiger partial charge in [0.05, 0.1) is 11.3 Å². The van der Waals surface area contributed by atoms with Crippen molar-refractivity contribution < 1.29 is 13.5 Å². The molecule has 0 unspecified atom stereocenters. The number of imidazole rings is 1. The van der Waals surface area contributed by atoms with Crippen LogP contribution in [0.3, 0.4) is 0 Å². The minimum absolute atomic E-state index is 0.0813. The minimum atomic E-state index is -0.612. The molecule has 0 aliphatic carbocycles. The number of halogens is 2. The van der Waals surface area contributed by atoms with Gasteiger partial charge in [0.2, 0.25) is 0 Å². The van der Waals surface area contributed by atoms with Gasteiger partial charge in [-0.15, -0.1) is 0 Å². The number of hydrogen-bond acceptors (Lipinski definition) is 2. The SMILES string of the molecule is Cc1cc(OCc2c(F)cccc2F)c2nc(C)c(C)n2c1. The van der Waals surface area contributed by atoms with Gasteiger partial charge >= 0.3 is 0 Å². The third-order valence-electron chi connectivity index (χ3n) is 3.73. The van der Waals surface area contributed by atoms with Gasteiger partial charge < -0.3 is 9.14 Å². The zero-order valence-electron chi connectivity index (χ0n) is 12.7. The molecule has 0 fully saturated rings. The smallest absolute Gasteiger partial charge is 0.180 e. The van der Waals surface area contributed by atoms with E-state index in [0.717, 1.165) is 17.0 Å². The summed E-state index contributed by atoms with van der Waals surface area (Å²) in [5.41, 5.74) is 3.46. The second kappa shape index (κ2) is 5.40. The van der Waals surface area contributed by atoms with Crippen LogP contribution >= 0.6 is 0 Å². The summed E-state index contributed by atoms with van der Waals surface area (Å²) in [6.07, 6.45) is 1.96. The molecule has 0 atom stereocenters. The molecule has 22 heavy (non-hydrogen) atoms. The molecule has 2 aromatic heterocycles. The van der Waals surface area contributed by atoms with Crippen molar-refractivity contribution >= 4 is 5.65 Å². The van der Waals surface area contributed by atoms with Gasteiger partial charge in [-0.3, -0.25) is 0 Å². The normalized spacial score (nSPS) is 11.1.